The first kappa shape index (κ1) is 31.6. The Labute approximate surface area is 242 Å². The lowest BCUT2D eigenvalue weighted by molar-refractivity contribution is -0.306. The fourth-order valence-corrected chi connectivity index (χ4v) is 8.98. The fraction of sp³-hybridized carbons (Fsp3) is 0.719. The summed E-state index contributed by atoms with van der Waals surface area (Å²) in [6.45, 7) is 18.1. The van der Waals surface area contributed by atoms with Gasteiger partial charge in [0.15, 0.2) is 17.2 Å². The highest BCUT2D eigenvalue weighted by atomic mass is 16.4. The van der Waals surface area contributed by atoms with Gasteiger partial charge in [-0.05, 0) is 40.2 Å². The highest BCUT2D eigenvalue weighted by Gasteiger charge is 2.80. The molecule has 1 aromatic rings. The quantitative estimate of drug-likeness (QED) is 0.299. The largest absolute Gasteiger partial charge is 0.507 e. The van der Waals surface area contributed by atoms with Crippen LogP contribution in [-0.2, 0) is 15.0 Å². The Morgan fingerprint density at radius 1 is 1.05 bits per heavy atom. The molecule has 0 aromatic heterocycles. The number of carbonyl (C=O) groups is 3. The molecule has 0 aliphatic heterocycles. The highest BCUT2D eigenvalue weighted by Crippen LogP contribution is 2.68. The Balaban J connectivity index is 2.12. The number of carbonyl (C=O) groups excluding carboxylic acids is 3. The third-order valence-electron chi connectivity index (χ3n) is 11.2. The molecular weight excluding hydrogens is 526 g/mol. The summed E-state index contributed by atoms with van der Waals surface area (Å²) in [6, 6.07) is 1.90. The van der Waals surface area contributed by atoms with E-state index in [-0.39, 0.29) is 17.2 Å². The molecular formula is C32H47NO8. The number of ketones is 2. The second-order valence-electron chi connectivity index (χ2n) is 14.9. The molecule has 4 rings (SSSR count). The monoisotopic (exact) mass is 573 g/mol. The molecule has 0 radical (unpaired) electrons. The van der Waals surface area contributed by atoms with Gasteiger partial charge in [-0.2, -0.15) is 0 Å². The van der Waals surface area contributed by atoms with Crippen LogP contribution in [0.25, 0.3) is 0 Å². The Morgan fingerprint density at radius 2 is 1.59 bits per heavy atom. The van der Waals surface area contributed by atoms with Gasteiger partial charge in [0.05, 0.1) is 23.7 Å². The molecule has 3 aliphatic rings. The number of hydrogen-bond acceptors (Lipinski definition) is 8. The van der Waals surface area contributed by atoms with Gasteiger partial charge >= 0.3 is 0 Å². The lowest BCUT2D eigenvalue weighted by Crippen LogP contribution is -2.83. The molecule has 2 unspecified atom stereocenters. The average Bonchev–Trinajstić information content (AvgIpc) is 2.82. The highest BCUT2D eigenvalue weighted by molar-refractivity contribution is 6.09. The number of phenols is 1. The van der Waals surface area contributed by atoms with E-state index in [1.165, 1.54) is 6.92 Å². The van der Waals surface area contributed by atoms with Crippen molar-refractivity contribution in [3.05, 3.63) is 28.3 Å². The van der Waals surface area contributed by atoms with Gasteiger partial charge in [-0.1, -0.05) is 75.3 Å². The van der Waals surface area contributed by atoms with Gasteiger partial charge in [0.25, 0.3) is 0 Å². The van der Waals surface area contributed by atoms with Crippen LogP contribution in [0.4, 0.5) is 0 Å². The van der Waals surface area contributed by atoms with Crippen LogP contribution in [0.15, 0.2) is 6.07 Å². The van der Waals surface area contributed by atoms with Crippen LogP contribution in [0.1, 0.15) is 108 Å². The number of aliphatic hydroxyl groups excluding tert-OH is 3. The number of rotatable bonds is 3. The van der Waals surface area contributed by atoms with Crippen molar-refractivity contribution in [2.24, 2.45) is 40.2 Å². The molecule has 0 heterocycles. The zero-order valence-corrected chi connectivity index (χ0v) is 25.8. The standard InChI is InChI=1S/C32H47NO8/c1-12(2)15-11-16(29(6,7)8)22(34)18-17(15)14(5)30(9)21(23(18)35)26(38)32(41)25(37)19(27(33)39)24(36)20(13(3)4)31(32,10)28(30)40/h11-14,19-21,24,26,28,34,36,38,40-41H,1-10H3,(H2,33,39)/t14-,19-,20+,21-,24?,26?,28-,30+,31+,32+/m1/s1. The van der Waals surface area contributed by atoms with Crippen LogP contribution in [0.3, 0.4) is 0 Å². The number of fused-ring (bicyclic) bond motifs is 3. The first-order valence-electron chi connectivity index (χ1n) is 14.6. The molecule has 0 saturated heterocycles. The van der Waals surface area contributed by atoms with Gasteiger partial charge in [-0.25, -0.2) is 0 Å². The summed E-state index contributed by atoms with van der Waals surface area (Å²) in [6.07, 6.45) is -5.28. The number of nitrogens with two attached hydrogens (primary N) is 1. The summed E-state index contributed by atoms with van der Waals surface area (Å²) < 4.78 is 0. The van der Waals surface area contributed by atoms with E-state index in [4.69, 9.17) is 5.73 Å². The zero-order valence-electron chi connectivity index (χ0n) is 25.8. The fourth-order valence-electron chi connectivity index (χ4n) is 8.98. The predicted molar refractivity (Wildman–Crippen MR) is 152 cm³/mol. The van der Waals surface area contributed by atoms with Crippen molar-refractivity contribution in [2.45, 2.75) is 110 Å². The van der Waals surface area contributed by atoms with Crippen molar-refractivity contribution in [3.8, 4) is 5.75 Å². The van der Waals surface area contributed by atoms with Crippen molar-refractivity contribution >= 4 is 17.5 Å². The number of Topliss-reactive ketones (excluding diaryl/α,β-unsaturated/α-hetero) is 2. The molecule has 2 saturated carbocycles. The molecule has 9 nitrogen and oxygen atoms in total. The Hall–Kier alpha value is -2.33. The van der Waals surface area contributed by atoms with Crippen molar-refractivity contribution in [3.63, 3.8) is 0 Å². The lowest BCUT2D eigenvalue weighted by atomic mass is 9.36. The molecule has 1 aromatic carbocycles. The molecule has 2 fully saturated rings. The van der Waals surface area contributed by atoms with E-state index in [0.29, 0.717) is 11.1 Å². The third kappa shape index (κ3) is 3.65. The molecule has 1 amide bonds. The summed E-state index contributed by atoms with van der Waals surface area (Å²) in [5, 5.41) is 59.7. The minimum absolute atomic E-state index is 0.0182. The molecule has 228 valence electrons. The number of amides is 1. The first-order valence-corrected chi connectivity index (χ1v) is 14.6. The van der Waals surface area contributed by atoms with Crippen LogP contribution in [-0.4, -0.2) is 66.9 Å². The van der Waals surface area contributed by atoms with E-state index in [2.05, 4.69) is 0 Å². The van der Waals surface area contributed by atoms with E-state index in [9.17, 15) is 39.9 Å². The number of benzene rings is 1. The average molecular weight is 574 g/mol. The number of aromatic hydroxyl groups is 1. The second kappa shape index (κ2) is 9.33. The minimum Gasteiger partial charge on any atom is -0.507 e. The molecule has 9 heteroatoms. The van der Waals surface area contributed by atoms with Gasteiger partial charge in [0.1, 0.15) is 17.8 Å². The Morgan fingerprint density at radius 3 is 2.02 bits per heavy atom. The summed E-state index contributed by atoms with van der Waals surface area (Å²) in [5.74, 6) is -8.85. The summed E-state index contributed by atoms with van der Waals surface area (Å²) in [4.78, 5) is 40.9. The maximum Gasteiger partial charge on any atom is 0.230 e. The van der Waals surface area contributed by atoms with Crippen molar-refractivity contribution in [1.29, 1.82) is 0 Å². The maximum absolute atomic E-state index is 14.6. The molecule has 0 bridgehead atoms. The van der Waals surface area contributed by atoms with Crippen LogP contribution in [0.2, 0.25) is 0 Å². The van der Waals surface area contributed by atoms with Crippen LogP contribution < -0.4 is 5.73 Å². The second-order valence-corrected chi connectivity index (χ2v) is 14.9. The SMILES string of the molecule is CC(C)c1cc(C(C)(C)C)c(O)c2c1[C@@H](C)[C@@]1(C)[C@H](C2=O)C(O)[C@@]2(O)C(=O)[C@H](C(N)=O)C(O)[C@H](C(C)C)[C@@]2(C)[C@@H]1O. The molecule has 3 aliphatic carbocycles. The van der Waals surface area contributed by atoms with E-state index in [1.54, 1.807) is 20.8 Å². The first-order chi connectivity index (χ1) is 18.5. The topological polar surface area (TPSA) is 178 Å². The predicted octanol–water partition coefficient (Wildman–Crippen LogP) is 2.53. The maximum atomic E-state index is 14.6. The summed E-state index contributed by atoms with van der Waals surface area (Å²) >= 11 is 0. The Bertz CT molecular complexity index is 1310. The van der Waals surface area contributed by atoms with Gasteiger partial charge in [-0.15, -0.1) is 0 Å². The molecule has 41 heavy (non-hydrogen) atoms. The number of primary amides is 1. The van der Waals surface area contributed by atoms with Gasteiger partial charge in [0, 0.05) is 16.4 Å². The van der Waals surface area contributed by atoms with Crippen LogP contribution in [0.5, 0.6) is 5.75 Å². The number of aliphatic hydroxyl groups is 4. The minimum atomic E-state index is -2.80. The van der Waals surface area contributed by atoms with Crippen molar-refractivity contribution in [2.75, 3.05) is 0 Å². The number of hydrogen-bond donors (Lipinski definition) is 6. The van der Waals surface area contributed by atoms with Crippen LogP contribution in [0, 0.1) is 34.5 Å². The van der Waals surface area contributed by atoms with Gasteiger partial charge in [0.2, 0.25) is 5.91 Å². The van der Waals surface area contributed by atoms with E-state index in [1.807, 2.05) is 47.6 Å². The third-order valence-corrected chi connectivity index (χ3v) is 11.2. The van der Waals surface area contributed by atoms with Crippen molar-refractivity contribution in [1.82, 2.24) is 0 Å². The smallest absolute Gasteiger partial charge is 0.230 e. The normalized spacial score (nSPS) is 40.8. The lowest BCUT2D eigenvalue weighted by Gasteiger charge is -2.69. The Kier molecular flexibility index (Phi) is 7.19. The van der Waals surface area contributed by atoms with Crippen LogP contribution >= 0.6 is 0 Å². The molecule has 7 N–H and O–H groups in total. The van der Waals surface area contributed by atoms with Gasteiger partial charge < -0.3 is 31.3 Å². The zero-order chi connectivity index (χ0) is 31.5. The van der Waals surface area contributed by atoms with E-state index in [0.717, 1.165) is 5.56 Å². The molecule has 0 spiro atoms. The van der Waals surface area contributed by atoms with Gasteiger partial charge in [-0.3, -0.25) is 14.4 Å². The summed E-state index contributed by atoms with van der Waals surface area (Å²) in [7, 11) is 0. The van der Waals surface area contributed by atoms with Crippen molar-refractivity contribution < 1.29 is 39.9 Å². The molecule has 10 atom stereocenters. The van der Waals surface area contributed by atoms with E-state index >= 15 is 0 Å². The summed E-state index contributed by atoms with van der Waals surface area (Å²) in [5.41, 5.74) is 0.845. The number of phenolic OH excluding ortho intramolecular Hbond substituents is 1. The van der Waals surface area contributed by atoms with E-state index < -0.39 is 87.2 Å².